The number of ether oxygens (including phenoxy) is 1. The molecule has 1 aromatic carbocycles. The van der Waals surface area contributed by atoms with Crippen molar-refractivity contribution in [1.29, 1.82) is 0 Å². The number of amides is 1. The van der Waals surface area contributed by atoms with E-state index in [-0.39, 0.29) is 29.3 Å². The highest BCUT2D eigenvalue weighted by Crippen LogP contribution is 2.30. The summed E-state index contributed by atoms with van der Waals surface area (Å²) in [4.78, 5) is 15.2. The molecule has 1 saturated carbocycles. The third-order valence-electron chi connectivity index (χ3n) is 6.31. The lowest BCUT2D eigenvalue weighted by atomic mass is 9.86. The SMILES string of the molecule is COc1ccc(S(=O)(=O)N2CCCC(C(=O)N(C)C3CCC(C)CC3)C2)cc1. The molecule has 7 heteroatoms. The van der Waals surface area contributed by atoms with Gasteiger partial charge in [-0.15, -0.1) is 0 Å². The van der Waals surface area contributed by atoms with Crippen LogP contribution in [0.1, 0.15) is 45.4 Å². The first-order valence-electron chi connectivity index (χ1n) is 10.2. The summed E-state index contributed by atoms with van der Waals surface area (Å²) >= 11 is 0. The van der Waals surface area contributed by atoms with Crippen molar-refractivity contribution in [3.63, 3.8) is 0 Å². The Morgan fingerprint density at radius 2 is 1.75 bits per heavy atom. The summed E-state index contributed by atoms with van der Waals surface area (Å²) in [6.07, 6.45) is 5.87. The lowest BCUT2D eigenvalue weighted by Gasteiger charge is -2.38. The minimum absolute atomic E-state index is 0.0918. The Balaban J connectivity index is 1.67. The third-order valence-corrected chi connectivity index (χ3v) is 8.19. The maximum Gasteiger partial charge on any atom is 0.243 e. The first kappa shape index (κ1) is 21.1. The molecule has 0 bridgehead atoms. The molecule has 1 atom stereocenters. The number of methoxy groups -OCH3 is 1. The summed E-state index contributed by atoms with van der Waals surface area (Å²) in [5, 5.41) is 0. The lowest BCUT2D eigenvalue weighted by molar-refractivity contribution is -0.138. The van der Waals surface area contributed by atoms with Crippen LogP contribution >= 0.6 is 0 Å². The van der Waals surface area contributed by atoms with Gasteiger partial charge in [0.05, 0.1) is 17.9 Å². The molecule has 28 heavy (non-hydrogen) atoms. The van der Waals surface area contributed by atoms with Crippen LogP contribution in [0.2, 0.25) is 0 Å². The summed E-state index contributed by atoms with van der Waals surface area (Å²) in [6, 6.07) is 6.72. The Kier molecular flexibility index (Phi) is 6.65. The van der Waals surface area contributed by atoms with Crippen molar-refractivity contribution in [2.75, 3.05) is 27.2 Å². The second-order valence-electron chi connectivity index (χ2n) is 8.24. The number of piperidine rings is 1. The van der Waals surface area contributed by atoms with Gasteiger partial charge in [-0.05, 0) is 68.7 Å². The highest BCUT2D eigenvalue weighted by molar-refractivity contribution is 7.89. The normalized spacial score (nSPS) is 26.6. The predicted molar refractivity (Wildman–Crippen MR) is 109 cm³/mol. The number of benzene rings is 1. The van der Waals surface area contributed by atoms with Gasteiger partial charge in [-0.25, -0.2) is 8.42 Å². The van der Waals surface area contributed by atoms with Gasteiger partial charge in [0.15, 0.2) is 0 Å². The molecule has 2 aliphatic rings. The number of carbonyl (C=O) groups excluding carboxylic acids is 1. The Morgan fingerprint density at radius 1 is 1.11 bits per heavy atom. The average Bonchev–Trinajstić information content (AvgIpc) is 2.73. The summed E-state index contributed by atoms with van der Waals surface area (Å²) in [7, 11) is -0.166. The van der Waals surface area contributed by atoms with Gasteiger partial charge in [0.2, 0.25) is 15.9 Å². The molecule has 1 amide bonds. The monoisotopic (exact) mass is 408 g/mol. The van der Waals surface area contributed by atoms with E-state index in [1.54, 1.807) is 31.4 Å². The Morgan fingerprint density at radius 3 is 2.36 bits per heavy atom. The molecular formula is C21H32N2O4S. The van der Waals surface area contributed by atoms with Crippen molar-refractivity contribution in [2.45, 2.75) is 56.4 Å². The molecule has 3 rings (SSSR count). The van der Waals surface area contributed by atoms with E-state index in [1.807, 2.05) is 11.9 Å². The van der Waals surface area contributed by atoms with Crippen molar-refractivity contribution >= 4 is 15.9 Å². The van der Waals surface area contributed by atoms with Crippen LogP contribution < -0.4 is 4.74 Å². The molecule has 1 saturated heterocycles. The highest BCUT2D eigenvalue weighted by atomic mass is 32.2. The largest absolute Gasteiger partial charge is 0.497 e. The maximum absolute atomic E-state index is 13.1. The predicted octanol–water partition coefficient (Wildman–Crippen LogP) is 3.13. The Hall–Kier alpha value is -1.60. The first-order chi connectivity index (χ1) is 13.3. The van der Waals surface area contributed by atoms with Crippen LogP contribution in [0.5, 0.6) is 5.75 Å². The first-order valence-corrected chi connectivity index (χ1v) is 11.7. The molecule has 1 aliphatic carbocycles. The number of sulfonamides is 1. The lowest BCUT2D eigenvalue weighted by Crippen LogP contribution is -2.48. The highest BCUT2D eigenvalue weighted by Gasteiger charge is 2.36. The number of hydrogen-bond donors (Lipinski definition) is 0. The molecule has 0 N–H and O–H groups in total. The Labute approximate surface area is 168 Å². The number of rotatable bonds is 5. The van der Waals surface area contributed by atoms with E-state index in [4.69, 9.17) is 4.74 Å². The van der Waals surface area contributed by atoms with Crippen LogP contribution in [-0.2, 0) is 14.8 Å². The zero-order valence-electron chi connectivity index (χ0n) is 17.1. The molecule has 2 fully saturated rings. The number of hydrogen-bond acceptors (Lipinski definition) is 4. The zero-order chi connectivity index (χ0) is 20.3. The molecule has 1 unspecified atom stereocenters. The van der Waals surface area contributed by atoms with Crippen molar-refractivity contribution in [2.24, 2.45) is 11.8 Å². The fourth-order valence-electron chi connectivity index (χ4n) is 4.36. The molecule has 0 radical (unpaired) electrons. The third kappa shape index (κ3) is 4.51. The molecule has 156 valence electrons. The van der Waals surface area contributed by atoms with E-state index in [2.05, 4.69) is 6.92 Å². The van der Waals surface area contributed by atoms with Crippen LogP contribution in [-0.4, -0.2) is 56.8 Å². The summed E-state index contributed by atoms with van der Waals surface area (Å²) in [6.45, 7) is 2.99. The van der Waals surface area contributed by atoms with Gasteiger partial charge >= 0.3 is 0 Å². The van der Waals surface area contributed by atoms with Crippen molar-refractivity contribution in [1.82, 2.24) is 9.21 Å². The summed E-state index contributed by atoms with van der Waals surface area (Å²) in [5.74, 6) is 1.19. The van der Waals surface area contributed by atoms with E-state index >= 15 is 0 Å². The van der Waals surface area contributed by atoms with Gasteiger partial charge in [-0.2, -0.15) is 4.31 Å². The summed E-state index contributed by atoms with van der Waals surface area (Å²) in [5.41, 5.74) is 0. The van der Waals surface area contributed by atoms with Gasteiger partial charge < -0.3 is 9.64 Å². The minimum atomic E-state index is -3.60. The number of nitrogens with zero attached hydrogens (tertiary/aromatic N) is 2. The van der Waals surface area contributed by atoms with Crippen molar-refractivity contribution < 1.29 is 17.9 Å². The maximum atomic E-state index is 13.1. The van der Waals surface area contributed by atoms with Crippen LogP contribution in [0.25, 0.3) is 0 Å². The van der Waals surface area contributed by atoms with Crippen molar-refractivity contribution in [3.05, 3.63) is 24.3 Å². The molecule has 0 spiro atoms. The second-order valence-corrected chi connectivity index (χ2v) is 10.2. The standard InChI is InChI=1S/C21H32N2O4S/c1-16-6-8-18(9-7-16)22(2)21(24)17-5-4-14-23(15-17)28(25,26)20-12-10-19(27-3)11-13-20/h10-13,16-18H,4-9,14-15H2,1-3H3. The van der Waals surface area contributed by atoms with Gasteiger partial charge in [-0.3, -0.25) is 4.79 Å². The van der Waals surface area contributed by atoms with Gasteiger partial charge in [0.25, 0.3) is 0 Å². The van der Waals surface area contributed by atoms with E-state index in [9.17, 15) is 13.2 Å². The van der Waals surface area contributed by atoms with Gasteiger partial charge in [0.1, 0.15) is 5.75 Å². The minimum Gasteiger partial charge on any atom is -0.497 e. The van der Waals surface area contributed by atoms with Crippen LogP contribution in [0, 0.1) is 11.8 Å². The molecule has 1 heterocycles. The average molecular weight is 409 g/mol. The van der Waals surface area contributed by atoms with E-state index < -0.39 is 10.0 Å². The van der Waals surface area contributed by atoms with Crippen molar-refractivity contribution in [3.8, 4) is 5.75 Å². The van der Waals surface area contributed by atoms with Gasteiger partial charge in [-0.1, -0.05) is 6.92 Å². The van der Waals surface area contributed by atoms with Crippen LogP contribution in [0.15, 0.2) is 29.2 Å². The Bertz CT molecular complexity index is 770. The molecular weight excluding hydrogens is 376 g/mol. The molecule has 1 aliphatic heterocycles. The topological polar surface area (TPSA) is 66.9 Å². The fraction of sp³-hybridized carbons (Fsp3) is 0.667. The van der Waals surface area contributed by atoms with Crippen LogP contribution in [0.3, 0.4) is 0 Å². The number of carbonyl (C=O) groups is 1. The van der Waals surface area contributed by atoms with Gasteiger partial charge in [0, 0.05) is 26.2 Å². The van der Waals surface area contributed by atoms with Crippen LogP contribution in [0.4, 0.5) is 0 Å². The van der Waals surface area contributed by atoms with E-state index in [1.165, 1.54) is 4.31 Å². The van der Waals surface area contributed by atoms with E-state index in [0.717, 1.165) is 38.0 Å². The zero-order valence-corrected chi connectivity index (χ0v) is 18.0. The quantitative estimate of drug-likeness (QED) is 0.751. The second kappa shape index (κ2) is 8.82. The van der Waals surface area contributed by atoms with E-state index in [0.29, 0.717) is 18.7 Å². The molecule has 1 aromatic rings. The molecule has 0 aromatic heterocycles. The summed E-state index contributed by atoms with van der Waals surface area (Å²) < 4.78 is 32.6. The fourth-order valence-corrected chi connectivity index (χ4v) is 5.88. The smallest absolute Gasteiger partial charge is 0.243 e. The molecule has 6 nitrogen and oxygen atoms in total.